The minimum Gasteiger partial charge on any atom is -0.302 e. The van der Waals surface area contributed by atoms with Crippen molar-refractivity contribution in [3.05, 3.63) is 68.2 Å². The van der Waals surface area contributed by atoms with Crippen LogP contribution in [-0.2, 0) is 12.8 Å². The lowest BCUT2D eigenvalue weighted by Gasteiger charge is -2.16. The van der Waals surface area contributed by atoms with E-state index < -0.39 is 10.8 Å². The number of amides is 1. The summed E-state index contributed by atoms with van der Waals surface area (Å²) >= 11 is 6.03. The number of halogens is 1. The number of nitrogens with one attached hydrogen (secondary N) is 1. The van der Waals surface area contributed by atoms with Crippen LogP contribution in [0.1, 0.15) is 34.3 Å². The Labute approximate surface area is 164 Å². The van der Waals surface area contributed by atoms with Crippen LogP contribution in [-0.4, -0.2) is 21.1 Å². The van der Waals surface area contributed by atoms with E-state index in [0.717, 1.165) is 30.9 Å². The SMILES string of the molecule is O=C(Nc1nonc1-c1ccc2c(c1)CCCC2)c1cc([N+](=O)[O-])ccc1Cl. The quantitative estimate of drug-likeness (QED) is 0.514. The van der Waals surface area contributed by atoms with Crippen LogP contribution in [0.15, 0.2) is 41.0 Å². The molecule has 28 heavy (non-hydrogen) atoms. The van der Waals surface area contributed by atoms with Crippen molar-refractivity contribution in [3.8, 4) is 11.3 Å². The normalized spacial score (nSPS) is 13.0. The lowest BCUT2D eigenvalue weighted by atomic mass is 9.90. The molecule has 1 aromatic heterocycles. The molecule has 1 aliphatic carbocycles. The fraction of sp³-hybridized carbons (Fsp3) is 0.211. The fourth-order valence-corrected chi connectivity index (χ4v) is 3.52. The van der Waals surface area contributed by atoms with E-state index in [1.165, 1.54) is 29.7 Å². The third-order valence-corrected chi connectivity index (χ3v) is 5.08. The van der Waals surface area contributed by atoms with E-state index in [1.54, 1.807) is 0 Å². The second-order valence-corrected chi connectivity index (χ2v) is 6.93. The minimum absolute atomic E-state index is 0.0322. The standard InChI is InChI=1S/C19H15ClN4O4/c20-16-8-7-14(24(26)27)10-15(16)19(25)21-18-17(22-28-23-18)13-6-5-11-3-1-2-4-12(11)9-13/h5-10H,1-4H2,(H,21,23,25). The highest BCUT2D eigenvalue weighted by Gasteiger charge is 2.21. The van der Waals surface area contributed by atoms with Gasteiger partial charge in [-0.3, -0.25) is 14.9 Å². The van der Waals surface area contributed by atoms with Crippen molar-refractivity contribution in [2.75, 3.05) is 5.32 Å². The highest BCUT2D eigenvalue weighted by atomic mass is 35.5. The van der Waals surface area contributed by atoms with Crippen molar-refractivity contribution in [2.24, 2.45) is 0 Å². The van der Waals surface area contributed by atoms with Gasteiger partial charge in [-0.05, 0) is 59.3 Å². The zero-order valence-corrected chi connectivity index (χ0v) is 15.4. The maximum absolute atomic E-state index is 12.6. The highest BCUT2D eigenvalue weighted by molar-refractivity contribution is 6.34. The minimum atomic E-state index is -0.636. The Morgan fingerprint density at radius 2 is 1.89 bits per heavy atom. The van der Waals surface area contributed by atoms with Gasteiger partial charge in [0.15, 0.2) is 5.69 Å². The zero-order valence-electron chi connectivity index (χ0n) is 14.6. The van der Waals surface area contributed by atoms with Gasteiger partial charge in [-0.25, -0.2) is 4.63 Å². The number of aryl methyl sites for hydroxylation is 2. The first-order valence-electron chi connectivity index (χ1n) is 8.73. The second kappa shape index (κ2) is 7.40. The van der Waals surface area contributed by atoms with Crippen molar-refractivity contribution in [1.82, 2.24) is 10.3 Å². The summed E-state index contributed by atoms with van der Waals surface area (Å²) < 4.78 is 4.82. The van der Waals surface area contributed by atoms with Gasteiger partial charge in [0.1, 0.15) is 0 Å². The number of anilines is 1. The monoisotopic (exact) mass is 398 g/mol. The zero-order chi connectivity index (χ0) is 19.7. The molecule has 0 atom stereocenters. The van der Waals surface area contributed by atoms with Crippen LogP contribution in [0.4, 0.5) is 11.5 Å². The summed E-state index contributed by atoms with van der Waals surface area (Å²) in [7, 11) is 0. The topological polar surface area (TPSA) is 111 Å². The summed E-state index contributed by atoms with van der Waals surface area (Å²) in [6.45, 7) is 0. The van der Waals surface area contributed by atoms with Crippen LogP contribution in [0, 0.1) is 10.1 Å². The van der Waals surface area contributed by atoms with E-state index in [1.807, 2.05) is 12.1 Å². The number of carbonyl (C=O) groups excluding carboxylic acids is 1. The molecule has 1 aliphatic rings. The molecule has 3 aromatic rings. The number of carbonyl (C=O) groups is 1. The predicted octanol–water partition coefficient (Wildman–Crippen LogP) is 4.43. The highest BCUT2D eigenvalue weighted by Crippen LogP contribution is 2.30. The van der Waals surface area contributed by atoms with Gasteiger partial charge in [-0.1, -0.05) is 23.7 Å². The Bertz CT molecular complexity index is 1080. The molecule has 1 heterocycles. The fourth-order valence-electron chi connectivity index (χ4n) is 3.32. The van der Waals surface area contributed by atoms with E-state index in [2.05, 4.69) is 21.7 Å². The van der Waals surface area contributed by atoms with Crippen LogP contribution in [0.5, 0.6) is 0 Å². The molecule has 0 saturated heterocycles. The molecule has 1 N–H and O–H groups in total. The van der Waals surface area contributed by atoms with Gasteiger partial charge in [0.2, 0.25) is 5.82 Å². The van der Waals surface area contributed by atoms with Gasteiger partial charge in [-0.2, -0.15) is 0 Å². The third kappa shape index (κ3) is 3.46. The molecule has 0 bridgehead atoms. The molecule has 0 aliphatic heterocycles. The van der Waals surface area contributed by atoms with Gasteiger partial charge < -0.3 is 5.32 Å². The van der Waals surface area contributed by atoms with Crippen LogP contribution in [0.3, 0.4) is 0 Å². The Morgan fingerprint density at radius 3 is 2.68 bits per heavy atom. The Balaban J connectivity index is 1.63. The molecule has 0 spiro atoms. The molecular weight excluding hydrogens is 384 g/mol. The number of nitro groups is 1. The van der Waals surface area contributed by atoms with E-state index in [4.69, 9.17) is 16.2 Å². The van der Waals surface area contributed by atoms with Crippen LogP contribution >= 0.6 is 11.6 Å². The van der Waals surface area contributed by atoms with Crippen LogP contribution in [0.25, 0.3) is 11.3 Å². The summed E-state index contributed by atoms with van der Waals surface area (Å²) in [4.78, 5) is 23.0. The number of rotatable bonds is 4. The molecular formula is C19H15ClN4O4. The molecule has 0 radical (unpaired) electrons. The number of nitro benzene ring substituents is 1. The summed E-state index contributed by atoms with van der Waals surface area (Å²) in [6, 6.07) is 9.66. The Hall–Kier alpha value is -3.26. The second-order valence-electron chi connectivity index (χ2n) is 6.53. The lowest BCUT2D eigenvalue weighted by molar-refractivity contribution is -0.384. The summed E-state index contributed by atoms with van der Waals surface area (Å²) in [6.07, 6.45) is 4.38. The van der Waals surface area contributed by atoms with Gasteiger partial charge >= 0.3 is 0 Å². The van der Waals surface area contributed by atoms with Gasteiger partial charge in [0.25, 0.3) is 11.6 Å². The molecule has 142 valence electrons. The molecule has 8 nitrogen and oxygen atoms in total. The van der Waals surface area contributed by atoms with Gasteiger partial charge in [-0.15, -0.1) is 0 Å². The first kappa shape index (κ1) is 18.1. The Kier molecular flexibility index (Phi) is 4.79. The first-order valence-corrected chi connectivity index (χ1v) is 9.11. The smallest absolute Gasteiger partial charge is 0.270 e. The van der Waals surface area contributed by atoms with E-state index in [-0.39, 0.29) is 22.1 Å². The van der Waals surface area contributed by atoms with E-state index >= 15 is 0 Å². The maximum Gasteiger partial charge on any atom is 0.270 e. The van der Waals surface area contributed by atoms with Crippen molar-refractivity contribution in [2.45, 2.75) is 25.7 Å². The average molecular weight is 399 g/mol. The molecule has 0 saturated carbocycles. The van der Waals surface area contributed by atoms with Crippen molar-refractivity contribution in [3.63, 3.8) is 0 Å². The van der Waals surface area contributed by atoms with Crippen LogP contribution < -0.4 is 5.32 Å². The summed E-state index contributed by atoms with van der Waals surface area (Å²) in [5.41, 5.74) is 3.48. The van der Waals surface area contributed by atoms with Crippen molar-refractivity contribution < 1.29 is 14.3 Å². The largest absolute Gasteiger partial charge is 0.302 e. The number of non-ortho nitro benzene ring substituents is 1. The number of benzene rings is 2. The number of hydrogen-bond acceptors (Lipinski definition) is 6. The third-order valence-electron chi connectivity index (χ3n) is 4.75. The van der Waals surface area contributed by atoms with E-state index in [0.29, 0.717) is 5.69 Å². The Morgan fingerprint density at radius 1 is 1.11 bits per heavy atom. The average Bonchev–Trinajstić information content (AvgIpc) is 3.15. The molecule has 9 heteroatoms. The first-order chi connectivity index (χ1) is 13.5. The number of aromatic nitrogens is 2. The lowest BCUT2D eigenvalue weighted by Crippen LogP contribution is -2.14. The van der Waals surface area contributed by atoms with E-state index in [9.17, 15) is 14.9 Å². The van der Waals surface area contributed by atoms with Gasteiger partial charge in [0, 0.05) is 17.7 Å². The predicted molar refractivity (Wildman–Crippen MR) is 102 cm³/mol. The molecule has 0 fully saturated rings. The molecule has 1 amide bonds. The molecule has 0 unspecified atom stereocenters. The van der Waals surface area contributed by atoms with Gasteiger partial charge in [0.05, 0.1) is 15.5 Å². The maximum atomic E-state index is 12.6. The summed E-state index contributed by atoms with van der Waals surface area (Å²) in [5.74, 6) is -0.507. The van der Waals surface area contributed by atoms with Crippen LogP contribution in [0.2, 0.25) is 5.02 Å². The number of fused-ring (bicyclic) bond motifs is 1. The molecule has 2 aromatic carbocycles. The number of hydrogen-bond donors (Lipinski definition) is 1. The van der Waals surface area contributed by atoms with Crippen molar-refractivity contribution in [1.29, 1.82) is 0 Å². The number of nitrogens with zero attached hydrogens (tertiary/aromatic N) is 3. The summed E-state index contributed by atoms with van der Waals surface area (Å²) in [5, 5.41) is 21.3. The van der Waals surface area contributed by atoms with Crippen molar-refractivity contribution >= 4 is 29.0 Å². The molecule has 4 rings (SSSR count).